The minimum atomic E-state index is -5.12. The van der Waals surface area contributed by atoms with E-state index in [-0.39, 0.29) is 23.9 Å². The number of halogens is 9. The zero-order valence-electron chi connectivity index (χ0n) is 16.8. The van der Waals surface area contributed by atoms with Crippen LogP contribution in [0.25, 0.3) is 11.0 Å². The summed E-state index contributed by atoms with van der Waals surface area (Å²) in [5, 5.41) is 2.24. The highest BCUT2D eigenvalue weighted by Gasteiger charge is 2.39. The molecule has 0 unspecified atom stereocenters. The van der Waals surface area contributed by atoms with Crippen LogP contribution < -0.4 is 11.1 Å². The van der Waals surface area contributed by atoms with Crippen molar-refractivity contribution in [1.82, 2.24) is 15.3 Å². The van der Waals surface area contributed by atoms with Crippen LogP contribution in [0.3, 0.4) is 0 Å². The van der Waals surface area contributed by atoms with Crippen LogP contribution in [-0.2, 0) is 36.3 Å². The van der Waals surface area contributed by atoms with E-state index in [1.807, 2.05) is 0 Å². The van der Waals surface area contributed by atoms with Crippen molar-refractivity contribution in [2.75, 3.05) is 0 Å². The van der Waals surface area contributed by atoms with Crippen LogP contribution in [0.2, 0.25) is 0 Å². The molecule has 3 aromatic rings. The van der Waals surface area contributed by atoms with Gasteiger partial charge in [-0.25, -0.2) is 4.98 Å². The summed E-state index contributed by atoms with van der Waals surface area (Å²) < 4.78 is 117. The SMILES string of the molecule is N[C@H](Cc1cccc(C(F)(F)F)c1)C(=O)NCc1nc2c(C(F)(F)F)cc(C(F)(F)F)cc2[nH]1. The van der Waals surface area contributed by atoms with Gasteiger partial charge < -0.3 is 16.0 Å². The van der Waals surface area contributed by atoms with E-state index in [0.717, 1.165) is 18.2 Å². The molecule has 0 fully saturated rings. The van der Waals surface area contributed by atoms with E-state index >= 15 is 0 Å². The molecule has 1 atom stereocenters. The second kappa shape index (κ2) is 8.81. The molecule has 14 heteroatoms. The van der Waals surface area contributed by atoms with Crippen LogP contribution in [0.1, 0.15) is 28.1 Å². The summed E-state index contributed by atoms with van der Waals surface area (Å²) >= 11 is 0. The van der Waals surface area contributed by atoms with Crippen LogP contribution in [0.15, 0.2) is 36.4 Å². The Hall–Kier alpha value is -3.29. The summed E-state index contributed by atoms with van der Waals surface area (Å²) in [6, 6.07) is 3.23. The van der Waals surface area contributed by atoms with Crippen molar-refractivity contribution in [3.8, 4) is 0 Å². The van der Waals surface area contributed by atoms with E-state index in [1.165, 1.54) is 6.07 Å². The number of hydrogen-bond donors (Lipinski definition) is 3. The molecule has 1 aromatic heterocycles. The molecular formula is C20H15F9N4O. The van der Waals surface area contributed by atoms with E-state index < -0.39 is 64.7 Å². The Morgan fingerprint density at radius 3 is 2.18 bits per heavy atom. The number of nitrogens with one attached hydrogen (secondary N) is 2. The summed E-state index contributed by atoms with van der Waals surface area (Å²) in [5.74, 6) is -1.13. The Balaban J connectivity index is 1.75. The van der Waals surface area contributed by atoms with Crippen molar-refractivity contribution in [2.24, 2.45) is 5.73 Å². The Labute approximate surface area is 185 Å². The van der Waals surface area contributed by atoms with Crippen LogP contribution in [0.5, 0.6) is 0 Å². The van der Waals surface area contributed by atoms with E-state index in [9.17, 15) is 44.3 Å². The van der Waals surface area contributed by atoms with Gasteiger partial charge >= 0.3 is 18.5 Å². The molecular weight excluding hydrogens is 483 g/mol. The lowest BCUT2D eigenvalue weighted by Crippen LogP contribution is -2.41. The number of carbonyl (C=O) groups excluding carboxylic acids is 1. The van der Waals surface area contributed by atoms with E-state index in [4.69, 9.17) is 5.73 Å². The Morgan fingerprint density at radius 1 is 0.941 bits per heavy atom. The fourth-order valence-electron chi connectivity index (χ4n) is 3.16. The second-order valence-electron chi connectivity index (χ2n) is 7.33. The van der Waals surface area contributed by atoms with Gasteiger partial charge in [0.25, 0.3) is 0 Å². The Bertz CT molecular complexity index is 1200. The quantitative estimate of drug-likeness (QED) is 0.442. The average molecular weight is 498 g/mol. The van der Waals surface area contributed by atoms with E-state index in [2.05, 4.69) is 15.3 Å². The smallest absolute Gasteiger partial charge is 0.348 e. The third-order valence-electron chi connectivity index (χ3n) is 4.75. The predicted octanol–water partition coefficient (Wildman–Crippen LogP) is 4.81. The maximum atomic E-state index is 13.2. The molecule has 0 aliphatic rings. The molecule has 1 heterocycles. The molecule has 0 radical (unpaired) electrons. The maximum absolute atomic E-state index is 13.2. The number of H-pyrrole nitrogens is 1. The van der Waals surface area contributed by atoms with Crippen molar-refractivity contribution in [3.63, 3.8) is 0 Å². The van der Waals surface area contributed by atoms with Crippen LogP contribution >= 0.6 is 0 Å². The highest BCUT2D eigenvalue weighted by molar-refractivity contribution is 5.82. The lowest BCUT2D eigenvalue weighted by Gasteiger charge is -2.13. The minimum absolute atomic E-state index is 0.0590. The van der Waals surface area contributed by atoms with Gasteiger partial charge in [-0.2, -0.15) is 39.5 Å². The summed E-state index contributed by atoms with van der Waals surface area (Å²) in [7, 11) is 0. The molecule has 3 rings (SSSR count). The van der Waals surface area contributed by atoms with Gasteiger partial charge in [0.1, 0.15) is 11.3 Å². The van der Waals surface area contributed by atoms with Gasteiger partial charge in [-0.1, -0.05) is 18.2 Å². The number of carbonyl (C=O) groups is 1. The predicted molar refractivity (Wildman–Crippen MR) is 101 cm³/mol. The molecule has 0 bridgehead atoms. The monoisotopic (exact) mass is 498 g/mol. The first-order valence-electron chi connectivity index (χ1n) is 9.42. The number of hydrogen-bond acceptors (Lipinski definition) is 3. The number of aromatic amines is 1. The Morgan fingerprint density at radius 2 is 1.59 bits per heavy atom. The van der Waals surface area contributed by atoms with Crippen LogP contribution in [0, 0.1) is 0 Å². The fraction of sp³-hybridized carbons (Fsp3) is 0.300. The van der Waals surface area contributed by atoms with Crippen LogP contribution in [0.4, 0.5) is 39.5 Å². The third kappa shape index (κ3) is 5.79. The number of nitrogens with zero attached hydrogens (tertiary/aromatic N) is 1. The molecule has 0 spiro atoms. The average Bonchev–Trinajstić information content (AvgIpc) is 3.12. The molecule has 2 aromatic carbocycles. The largest absolute Gasteiger partial charge is 0.418 e. The maximum Gasteiger partial charge on any atom is 0.418 e. The normalized spacial score (nSPS) is 13.8. The molecule has 4 N–H and O–H groups in total. The first kappa shape index (κ1) is 25.3. The standard InChI is InChI=1S/C20H15F9N4O/c21-18(22,23)10-3-1-2-9(4-10)5-13(30)17(34)31-8-15-32-14-7-11(19(24,25)26)6-12(16(14)33-15)20(27,28)29/h1-4,6-7,13H,5,8,30H2,(H,31,34)(H,32,33)/t13-/m1/s1. The molecule has 0 aliphatic carbocycles. The first-order valence-corrected chi connectivity index (χ1v) is 9.42. The molecule has 34 heavy (non-hydrogen) atoms. The number of amides is 1. The van der Waals surface area contributed by atoms with E-state index in [1.54, 1.807) is 0 Å². The molecule has 0 saturated heterocycles. The van der Waals surface area contributed by atoms with Gasteiger partial charge in [-0.3, -0.25) is 4.79 Å². The van der Waals surface area contributed by atoms with Crippen molar-refractivity contribution in [3.05, 3.63) is 64.5 Å². The van der Waals surface area contributed by atoms with Gasteiger partial charge in [-0.15, -0.1) is 0 Å². The summed E-state index contributed by atoms with van der Waals surface area (Å²) in [4.78, 5) is 18.1. The van der Waals surface area contributed by atoms with Crippen molar-refractivity contribution < 1.29 is 44.3 Å². The number of alkyl halides is 9. The van der Waals surface area contributed by atoms with Crippen molar-refractivity contribution in [2.45, 2.75) is 37.5 Å². The summed E-state index contributed by atoms with van der Waals surface area (Å²) in [5.41, 5.74) is 0.443. The number of rotatable bonds is 5. The molecule has 5 nitrogen and oxygen atoms in total. The third-order valence-corrected chi connectivity index (χ3v) is 4.75. The Kier molecular flexibility index (Phi) is 6.57. The van der Waals surface area contributed by atoms with Gasteiger partial charge in [0, 0.05) is 0 Å². The lowest BCUT2D eigenvalue weighted by atomic mass is 10.0. The number of fused-ring (bicyclic) bond motifs is 1. The minimum Gasteiger partial charge on any atom is -0.348 e. The zero-order valence-corrected chi connectivity index (χ0v) is 16.8. The van der Waals surface area contributed by atoms with Gasteiger partial charge in [-0.05, 0) is 30.2 Å². The van der Waals surface area contributed by atoms with Crippen molar-refractivity contribution >= 4 is 16.9 Å². The lowest BCUT2D eigenvalue weighted by molar-refractivity contribution is -0.142. The zero-order chi connectivity index (χ0) is 25.5. The summed E-state index contributed by atoms with van der Waals surface area (Å²) in [6.07, 6.45) is -15.0. The number of aromatic nitrogens is 2. The van der Waals surface area contributed by atoms with Crippen molar-refractivity contribution in [1.29, 1.82) is 0 Å². The van der Waals surface area contributed by atoms with Crippen LogP contribution in [-0.4, -0.2) is 21.9 Å². The molecule has 184 valence electrons. The van der Waals surface area contributed by atoms with Gasteiger partial charge in [0.05, 0.1) is 34.8 Å². The number of nitrogens with two attached hydrogens (primary N) is 1. The first-order chi connectivity index (χ1) is 15.6. The molecule has 1 amide bonds. The number of benzene rings is 2. The van der Waals surface area contributed by atoms with Gasteiger partial charge in [0.2, 0.25) is 5.91 Å². The fourth-order valence-corrected chi connectivity index (χ4v) is 3.16. The second-order valence-corrected chi connectivity index (χ2v) is 7.33. The molecule has 0 aliphatic heterocycles. The number of imidazole rings is 1. The highest BCUT2D eigenvalue weighted by atomic mass is 19.4. The van der Waals surface area contributed by atoms with E-state index in [0.29, 0.717) is 6.07 Å². The topological polar surface area (TPSA) is 83.8 Å². The van der Waals surface area contributed by atoms with Gasteiger partial charge in [0.15, 0.2) is 0 Å². The highest BCUT2D eigenvalue weighted by Crippen LogP contribution is 2.39. The molecule has 0 saturated carbocycles. The summed E-state index contributed by atoms with van der Waals surface area (Å²) in [6.45, 7) is -0.511.